The smallest absolute Gasteiger partial charge is 0.223 e. The minimum absolute atomic E-state index is 0.359. The fourth-order valence-corrected chi connectivity index (χ4v) is 2.98. The zero-order valence-electron chi connectivity index (χ0n) is 13.6. The van der Waals surface area contributed by atoms with Crippen LogP contribution in [0.15, 0.2) is 6.07 Å². The monoisotopic (exact) mass is 291 g/mol. The Morgan fingerprint density at radius 2 is 2.05 bits per heavy atom. The zero-order chi connectivity index (χ0) is 15.2. The van der Waals surface area contributed by atoms with E-state index in [1.54, 1.807) is 0 Å². The van der Waals surface area contributed by atoms with E-state index in [9.17, 15) is 0 Å². The number of aromatic nitrogens is 2. The number of nitrogen functional groups attached to an aromatic ring is 1. The molecule has 5 heteroatoms. The number of nitrogens with two attached hydrogens (primary N) is 1. The van der Waals surface area contributed by atoms with Gasteiger partial charge in [-0.3, -0.25) is 0 Å². The molecule has 1 fully saturated rings. The van der Waals surface area contributed by atoms with Crippen LogP contribution in [-0.4, -0.2) is 29.1 Å². The fraction of sp³-hybridized carbons (Fsp3) is 0.750. The molecule has 1 saturated carbocycles. The van der Waals surface area contributed by atoms with Gasteiger partial charge in [0, 0.05) is 25.2 Å². The first kappa shape index (κ1) is 15.9. The Bertz CT molecular complexity index is 440. The van der Waals surface area contributed by atoms with Crippen molar-refractivity contribution >= 4 is 17.6 Å². The van der Waals surface area contributed by atoms with Gasteiger partial charge in [0.15, 0.2) is 0 Å². The predicted octanol–water partition coefficient (Wildman–Crippen LogP) is 3.29. The summed E-state index contributed by atoms with van der Waals surface area (Å²) in [6.07, 6.45) is 6.22. The molecule has 3 N–H and O–H groups in total. The normalized spacial score (nSPS) is 15.6. The summed E-state index contributed by atoms with van der Waals surface area (Å²) >= 11 is 0. The van der Waals surface area contributed by atoms with Crippen LogP contribution in [0.25, 0.3) is 0 Å². The molecule has 2 rings (SSSR count). The lowest BCUT2D eigenvalue weighted by molar-refractivity contribution is 0.531. The minimum atomic E-state index is 0.359. The van der Waals surface area contributed by atoms with E-state index in [4.69, 9.17) is 5.73 Å². The second kappa shape index (κ2) is 7.48. The Balaban J connectivity index is 2.22. The summed E-state index contributed by atoms with van der Waals surface area (Å²) in [6, 6.07) is 2.65. The second-order valence-electron chi connectivity index (χ2n) is 6.38. The van der Waals surface area contributed by atoms with E-state index in [-0.39, 0.29) is 0 Å². The molecule has 0 bridgehead atoms. The van der Waals surface area contributed by atoms with E-state index in [2.05, 4.69) is 41.0 Å². The van der Waals surface area contributed by atoms with Crippen LogP contribution >= 0.6 is 0 Å². The molecule has 1 aromatic heterocycles. The molecule has 0 saturated heterocycles. The molecule has 0 unspecified atom stereocenters. The van der Waals surface area contributed by atoms with Gasteiger partial charge in [0.05, 0.1) is 0 Å². The maximum absolute atomic E-state index is 5.91. The predicted molar refractivity (Wildman–Crippen MR) is 89.7 cm³/mol. The van der Waals surface area contributed by atoms with Gasteiger partial charge in [-0.15, -0.1) is 0 Å². The molecule has 0 amide bonds. The standard InChI is InChI=1S/C16H29N5/c1-4-9-18-14-10-15(20-16(17)19-14)21(11-12(2)3)13-7-5-6-8-13/h10,12-13H,4-9,11H2,1-3H3,(H3,17,18,19,20). The first-order valence-electron chi connectivity index (χ1n) is 8.25. The number of hydrogen-bond donors (Lipinski definition) is 2. The van der Waals surface area contributed by atoms with Gasteiger partial charge in [-0.05, 0) is 25.2 Å². The van der Waals surface area contributed by atoms with Crippen molar-refractivity contribution in [2.45, 2.75) is 58.9 Å². The summed E-state index contributed by atoms with van der Waals surface area (Å²) in [5.74, 6) is 2.78. The summed E-state index contributed by atoms with van der Waals surface area (Å²) in [7, 11) is 0. The average molecular weight is 291 g/mol. The van der Waals surface area contributed by atoms with Crippen molar-refractivity contribution in [1.82, 2.24) is 9.97 Å². The van der Waals surface area contributed by atoms with Crippen LogP contribution in [0.1, 0.15) is 52.9 Å². The molecule has 5 nitrogen and oxygen atoms in total. The van der Waals surface area contributed by atoms with E-state index in [1.807, 2.05) is 6.07 Å². The van der Waals surface area contributed by atoms with Gasteiger partial charge in [-0.1, -0.05) is 33.6 Å². The van der Waals surface area contributed by atoms with Gasteiger partial charge in [-0.25, -0.2) is 0 Å². The number of nitrogens with zero attached hydrogens (tertiary/aromatic N) is 3. The Morgan fingerprint density at radius 3 is 2.67 bits per heavy atom. The van der Waals surface area contributed by atoms with Crippen LogP contribution in [0.3, 0.4) is 0 Å². The maximum atomic E-state index is 5.91. The van der Waals surface area contributed by atoms with Crippen molar-refractivity contribution in [3.05, 3.63) is 6.07 Å². The summed E-state index contributed by atoms with van der Waals surface area (Å²) < 4.78 is 0. The molecule has 1 heterocycles. The highest BCUT2D eigenvalue weighted by atomic mass is 15.2. The van der Waals surface area contributed by atoms with Gasteiger partial charge in [0.2, 0.25) is 5.95 Å². The Hall–Kier alpha value is -1.52. The summed E-state index contributed by atoms with van der Waals surface area (Å²) in [6.45, 7) is 8.57. The molecule has 1 aliphatic carbocycles. The summed E-state index contributed by atoms with van der Waals surface area (Å²) in [5, 5.41) is 3.32. The highest BCUT2D eigenvalue weighted by Crippen LogP contribution is 2.29. The summed E-state index contributed by atoms with van der Waals surface area (Å²) in [5.41, 5.74) is 5.91. The van der Waals surface area contributed by atoms with Crippen molar-refractivity contribution in [2.75, 3.05) is 29.0 Å². The van der Waals surface area contributed by atoms with Crippen molar-refractivity contribution in [2.24, 2.45) is 5.92 Å². The number of nitrogens with one attached hydrogen (secondary N) is 1. The number of anilines is 3. The number of hydrogen-bond acceptors (Lipinski definition) is 5. The topological polar surface area (TPSA) is 67.1 Å². The maximum Gasteiger partial charge on any atom is 0.223 e. The third-order valence-electron chi connectivity index (χ3n) is 3.91. The Kier molecular flexibility index (Phi) is 5.65. The van der Waals surface area contributed by atoms with Crippen LogP contribution < -0.4 is 16.0 Å². The molecule has 1 aromatic rings. The molecule has 0 radical (unpaired) electrons. The van der Waals surface area contributed by atoms with E-state index in [0.29, 0.717) is 17.9 Å². The quantitative estimate of drug-likeness (QED) is 0.807. The largest absolute Gasteiger partial charge is 0.370 e. The van der Waals surface area contributed by atoms with E-state index in [0.717, 1.165) is 31.1 Å². The van der Waals surface area contributed by atoms with Gasteiger partial charge < -0.3 is 16.0 Å². The molecular formula is C16H29N5. The van der Waals surface area contributed by atoms with Gasteiger partial charge in [-0.2, -0.15) is 9.97 Å². The Labute approximate surface area is 128 Å². The van der Waals surface area contributed by atoms with Crippen LogP contribution in [0, 0.1) is 5.92 Å². The van der Waals surface area contributed by atoms with E-state index < -0.39 is 0 Å². The molecule has 0 atom stereocenters. The fourth-order valence-electron chi connectivity index (χ4n) is 2.98. The molecule has 1 aliphatic rings. The zero-order valence-corrected chi connectivity index (χ0v) is 13.6. The van der Waals surface area contributed by atoms with Crippen molar-refractivity contribution in [1.29, 1.82) is 0 Å². The van der Waals surface area contributed by atoms with Crippen LogP contribution in [0.5, 0.6) is 0 Å². The third kappa shape index (κ3) is 4.48. The SMILES string of the molecule is CCCNc1cc(N(CC(C)C)C2CCCC2)nc(N)n1. The molecule has 0 aromatic carbocycles. The minimum Gasteiger partial charge on any atom is -0.370 e. The van der Waals surface area contributed by atoms with Crippen molar-refractivity contribution in [3.8, 4) is 0 Å². The molecule has 21 heavy (non-hydrogen) atoms. The van der Waals surface area contributed by atoms with Crippen LogP contribution in [0.2, 0.25) is 0 Å². The second-order valence-corrected chi connectivity index (χ2v) is 6.38. The van der Waals surface area contributed by atoms with Crippen molar-refractivity contribution in [3.63, 3.8) is 0 Å². The number of rotatable bonds is 7. The Morgan fingerprint density at radius 1 is 1.33 bits per heavy atom. The highest BCUT2D eigenvalue weighted by molar-refractivity contribution is 5.53. The molecular weight excluding hydrogens is 262 g/mol. The average Bonchev–Trinajstić information content (AvgIpc) is 2.95. The third-order valence-corrected chi connectivity index (χ3v) is 3.91. The molecule has 0 spiro atoms. The highest BCUT2D eigenvalue weighted by Gasteiger charge is 2.25. The lowest BCUT2D eigenvalue weighted by Gasteiger charge is -2.32. The lowest BCUT2D eigenvalue weighted by atomic mass is 10.1. The van der Waals surface area contributed by atoms with Crippen LogP contribution in [-0.2, 0) is 0 Å². The molecule has 118 valence electrons. The first-order chi connectivity index (χ1) is 10.1. The van der Waals surface area contributed by atoms with Gasteiger partial charge >= 0.3 is 0 Å². The van der Waals surface area contributed by atoms with E-state index >= 15 is 0 Å². The van der Waals surface area contributed by atoms with Gasteiger partial charge in [0.25, 0.3) is 0 Å². The summed E-state index contributed by atoms with van der Waals surface area (Å²) in [4.78, 5) is 11.2. The lowest BCUT2D eigenvalue weighted by Crippen LogP contribution is -2.37. The van der Waals surface area contributed by atoms with E-state index in [1.165, 1.54) is 25.7 Å². The van der Waals surface area contributed by atoms with Crippen molar-refractivity contribution < 1.29 is 0 Å². The first-order valence-corrected chi connectivity index (χ1v) is 8.25. The van der Waals surface area contributed by atoms with Crippen LogP contribution in [0.4, 0.5) is 17.6 Å². The van der Waals surface area contributed by atoms with Gasteiger partial charge in [0.1, 0.15) is 11.6 Å². The molecule has 0 aliphatic heterocycles.